The van der Waals surface area contributed by atoms with Crippen molar-refractivity contribution >= 4 is 5.57 Å². The van der Waals surface area contributed by atoms with Gasteiger partial charge in [0, 0.05) is 11.1 Å². The van der Waals surface area contributed by atoms with E-state index in [1.165, 1.54) is 37.3 Å². The predicted molar refractivity (Wildman–Crippen MR) is 161 cm³/mol. The largest absolute Gasteiger partial charge is 0.490 e. The smallest absolute Gasteiger partial charge is 0.201 e. The third-order valence-electron chi connectivity index (χ3n) is 7.82. The van der Waals surface area contributed by atoms with Crippen LogP contribution in [-0.4, -0.2) is 6.61 Å². The van der Waals surface area contributed by atoms with Crippen LogP contribution in [0.4, 0.5) is 13.2 Å². The Bertz CT molecular complexity index is 1310. The number of halogens is 3. The summed E-state index contributed by atoms with van der Waals surface area (Å²) in [7, 11) is 0. The Kier molecular flexibility index (Phi) is 11.1. The fourth-order valence-corrected chi connectivity index (χ4v) is 5.45. The minimum absolute atomic E-state index is 0.0588. The fraction of sp³-hybridized carbons (Fsp3) is 0.389. The van der Waals surface area contributed by atoms with Crippen LogP contribution in [0.3, 0.4) is 0 Å². The van der Waals surface area contributed by atoms with Crippen LogP contribution in [0.5, 0.6) is 5.75 Å². The summed E-state index contributed by atoms with van der Waals surface area (Å²) in [6, 6.07) is 15.3. The molecule has 3 aromatic rings. The zero-order valence-corrected chi connectivity index (χ0v) is 23.8. The molecule has 1 aliphatic rings. The van der Waals surface area contributed by atoms with Crippen molar-refractivity contribution in [1.29, 1.82) is 0 Å². The lowest BCUT2D eigenvalue weighted by Gasteiger charge is -2.20. The molecule has 0 spiro atoms. The first-order chi connectivity index (χ1) is 19.5. The summed E-state index contributed by atoms with van der Waals surface area (Å²) in [5.41, 5.74) is 3.97. The van der Waals surface area contributed by atoms with Gasteiger partial charge in [0.05, 0.1) is 6.61 Å². The van der Waals surface area contributed by atoms with Crippen LogP contribution < -0.4 is 4.74 Å². The highest BCUT2D eigenvalue weighted by Crippen LogP contribution is 2.35. The maximum Gasteiger partial charge on any atom is 0.201 e. The Morgan fingerprint density at radius 1 is 0.775 bits per heavy atom. The van der Waals surface area contributed by atoms with Gasteiger partial charge in [-0.1, -0.05) is 100 Å². The first-order valence-electron chi connectivity index (χ1n) is 14.8. The van der Waals surface area contributed by atoms with E-state index in [0.717, 1.165) is 44.1 Å². The van der Waals surface area contributed by atoms with Gasteiger partial charge >= 0.3 is 0 Å². The number of unbranched alkanes of at least 4 members (excludes halogenated alkanes) is 6. The Hall–Kier alpha value is -3.27. The monoisotopic (exact) mass is 546 g/mol. The summed E-state index contributed by atoms with van der Waals surface area (Å²) in [6.07, 6.45) is 17.5. The highest BCUT2D eigenvalue weighted by molar-refractivity contribution is 5.74. The number of hydrogen-bond donors (Lipinski definition) is 0. The molecule has 1 aliphatic carbocycles. The van der Waals surface area contributed by atoms with Crippen molar-refractivity contribution in [2.24, 2.45) is 5.92 Å². The van der Waals surface area contributed by atoms with Crippen LogP contribution in [0, 0.1) is 23.4 Å². The first-order valence-corrected chi connectivity index (χ1v) is 14.8. The zero-order chi connectivity index (χ0) is 28.3. The van der Waals surface area contributed by atoms with E-state index in [9.17, 15) is 8.78 Å². The molecule has 0 saturated heterocycles. The van der Waals surface area contributed by atoms with E-state index in [1.54, 1.807) is 42.5 Å². The van der Waals surface area contributed by atoms with Crippen molar-refractivity contribution in [1.82, 2.24) is 0 Å². The molecule has 4 rings (SSSR count). The van der Waals surface area contributed by atoms with E-state index < -0.39 is 11.6 Å². The third kappa shape index (κ3) is 7.68. The number of allylic oxidation sites excluding steroid dienone is 4. The van der Waals surface area contributed by atoms with Crippen molar-refractivity contribution in [3.05, 3.63) is 95.8 Å². The second-order valence-corrected chi connectivity index (χ2v) is 10.8. The molecule has 0 fully saturated rings. The van der Waals surface area contributed by atoms with Gasteiger partial charge in [0.1, 0.15) is 5.82 Å². The molecule has 1 nitrogen and oxygen atoms in total. The molecule has 0 bridgehead atoms. The van der Waals surface area contributed by atoms with Gasteiger partial charge in [-0.05, 0) is 79.0 Å². The van der Waals surface area contributed by atoms with Crippen LogP contribution in [0.15, 0.2) is 72.8 Å². The lowest BCUT2D eigenvalue weighted by atomic mass is 9.86. The second-order valence-electron chi connectivity index (χ2n) is 10.8. The third-order valence-corrected chi connectivity index (χ3v) is 7.82. The van der Waals surface area contributed by atoms with E-state index in [2.05, 4.69) is 25.2 Å². The second kappa shape index (κ2) is 14.9. The highest BCUT2D eigenvalue weighted by atomic mass is 19.2. The quantitative estimate of drug-likeness (QED) is 0.153. The lowest BCUT2D eigenvalue weighted by molar-refractivity contribution is 0.285. The number of rotatable bonds is 13. The van der Waals surface area contributed by atoms with E-state index in [1.807, 2.05) is 13.0 Å². The molecule has 4 heteroatoms. The van der Waals surface area contributed by atoms with Gasteiger partial charge in [-0.25, -0.2) is 8.78 Å². The van der Waals surface area contributed by atoms with Gasteiger partial charge in [-0.2, -0.15) is 4.39 Å². The van der Waals surface area contributed by atoms with Gasteiger partial charge in [0.2, 0.25) is 5.82 Å². The van der Waals surface area contributed by atoms with Crippen molar-refractivity contribution in [2.45, 2.75) is 78.1 Å². The van der Waals surface area contributed by atoms with Gasteiger partial charge in [-0.15, -0.1) is 0 Å². The molecule has 1 atom stereocenters. The molecule has 0 radical (unpaired) electrons. The fourth-order valence-electron chi connectivity index (χ4n) is 5.45. The summed E-state index contributed by atoms with van der Waals surface area (Å²) in [5.74, 6) is -1.69. The van der Waals surface area contributed by atoms with E-state index in [0.29, 0.717) is 29.2 Å². The van der Waals surface area contributed by atoms with Gasteiger partial charge < -0.3 is 4.74 Å². The Morgan fingerprint density at radius 2 is 1.43 bits per heavy atom. The van der Waals surface area contributed by atoms with Gasteiger partial charge in [0.15, 0.2) is 11.6 Å². The van der Waals surface area contributed by atoms with Crippen LogP contribution in [0.1, 0.15) is 83.6 Å². The minimum atomic E-state index is -0.972. The lowest BCUT2D eigenvalue weighted by Crippen LogP contribution is -2.03. The first kappa shape index (κ1) is 29.7. The molecule has 1 unspecified atom stereocenters. The van der Waals surface area contributed by atoms with Crippen molar-refractivity contribution < 1.29 is 17.9 Å². The normalized spacial score (nSPS) is 15.4. The Labute approximate surface area is 237 Å². The molecule has 0 amide bonds. The average molecular weight is 547 g/mol. The Balaban J connectivity index is 1.38. The van der Waals surface area contributed by atoms with Crippen molar-refractivity contribution in [3.8, 4) is 28.0 Å². The SMILES string of the molecule is C/C=C/C1CC=C(c2ccc(-c3ccc(-c4ccc(OCCCCCCCCC)c(F)c4F)cc3)c(F)c2)CC1. The topological polar surface area (TPSA) is 9.23 Å². The molecular formula is C36H41F3O. The average Bonchev–Trinajstić information content (AvgIpc) is 2.97. The molecule has 212 valence electrons. The van der Waals surface area contributed by atoms with Gasteiger partial charge in [0.25, 0.3) is 0 Å². The summed E-state index contributed by atoms with van der Waals surface area (Å²) >= 11 is 0. The summed E-state index contributed by atoms with van der Waals surface area (Å²) in [6.45, 7) is 4.60. The maximum atomic E-state index is 15.1. The van der Waals surface area contributed by atoms with Crippen LogP contribution in [-0.2, 0) is 0 Å². The Morgan fingerprint density at radius 3 is 2.08 bits per heavy atom. The van der Waals surface area contributed by atoms with E-state index in [4.69, 9.17) is 4.74 Å². The molecular weight excluding hydrogens is 505 g/mol. The molecule has 40 heavy (non-hydrogen) atoms. The minimum Gasteiger partial charge on any atom is -0.490 e. The molecule has 0 aliphatic heterocycles. The van der Waals surface area contributed by atoms with Crippen molar-refractivity contribution in [2.75, 3.05) is 6.61 Å². The molecule has 0 saturated carbocycles. The van der Waals surface area contributed by atoms with Gasteiger partial charge in [-0.3, -0.25) is 0 Å². The highest BCUT2D eigenvalue weighted by Gasteiger charge is 2.17. The zero-order valence-electron chi connectivity index (χ0n) is 23.8. The molecule has 0 N–H and O–H groups in total. The standard InChI is InChI=1S/C36H41F3O/c1-3-5-6-7-8-9-10-24-40-34-23-22-32(35(38)36(34)39)29-18-16-28(17-19-29)31-21-20-30(25-33(31)37)27-14-12-26(11-4-2)13-15-27/h4,11,14,16-23,25-26H,3,5-10,12-13,15,24H2,1-2H3/b11-4+. The summed E-state index contributed by atoms with van der Waals surface area (Å²) in [4.78, 5) is 0. The molecule has 0 heterocycles. The predicted octanol–water partition coefficient (Wildman–Crippen LogP) is 11.3. The van der Waals surface area contributed by atoms with Crippen LogP contribution in [0.2, 0.25) is 0 Å². The number of benzene rings is 3. The summed E-state index contributed by atoms with van der Waals surface area (Å²) < 4.78 is 50.4. The van der Waals surface area contributed by atoms with E-state index >= 15 is 4.39 Å². The summed E-state index contributed by atoms with van der Waals surface area (Å²) in [5, 5.41) is 0. The van der Waals surface area contributed by atoms with E-state index in [-0.39, 0.29) is 17.1 Å². The van der Waals surface area contributed by atoms with Crippen LogP contribution in [0.25, 0.3) is 27.8 Å². The maximum absolute atomic E-state index is 15.1. The van der Waals surface area contributed by atoms with Crippen LogP contribution >= 0.6 is 0 Å². The number of ether oxygens (including phenoxy) is 1. The number of hydrogen-bond acceptors (Lipinski definition) is 1. The molecule has 3 aromatic carbocycles. The molecule has 0 aromatic heterocycles. The van der Waals surface area contributed by atoms with Crippen molar-refractivity contribution in [3.63, 3.8) is 0 Å².